The number of ether oxygens (including phenoxy) is 1. The highest BCUT2D eigenvalue weighted by molar-refractivity contribution is 5.78. The van der Waals surface area contributed by atoms with E-state index in [9.17, 15) is 4.79 Å². The Labute approximate surface area is 111 Å². The van der Waals surface area contributed by atoms with Gasteiger partial charge < -0.3 is 15.2 Å². The fourth-order valence-electron chi connectivity index (χ4n) is 1.88. The summed E-state index contributed by atoms with van der Waals surface area (Å²) in [6.45, 7) is 7.65. The number of carboxylic acids is 1. The van der Waals surface area contributed by atoms with Gasteiger partial charge in [0, 0.05) is 13.2 Å². The Kier molecular flexibility index (Phi) is 9.02. The zero-order chi connectivity index (χ0) is 14.0. The Morgan fingerprint density at radius 2 is 2.11 bits per heavy atom. The van der Waals surface area contributed by atoms with Gasteiger partial charge in [0.1, 0.15) is 5.54 Å². The minimum absolute atomic E-state index is 0.622. The van der Waals surface area contributed by atoms with Gasteiger partial charge >= 0.3 is 5.97 Å². The topological polar surface area (TPSA) is 58.6 Å². The maximum absolute atomic E-state index is 11.0. The summed E-state index contributed by atoms with van der Waals surface area (Å²) < 4.78 is 5.59. The van der Waals surface area contributed by atoms with Crippen LogP contribution >= 0.6 is 0 Å². The molecule has 0 rings (SSSR count). The highest BCUT2D eigenvalue weighted by Crippen LogP contribution is 2.14. The van der Waals surface area contributed by atoms with E-state index in [2.05, 4.69) is 19.2 Å². The molecule has 0 heterocycles. The summed E-state index contributed by atoms with van der Waals surface area (Å²) in [6, 6.07) is 0. The molecular weight excluding hydrogens is 230 g/mol. The van der Waals surface area contributed by atoms with Crippen LogP contribution < -0.4 is 5.32 Å². The SMILES string of the molecule is CCCC(C)COCCCCC(C)(NC)C(=O)O. The average molecular weight is 259 g/mol. The molecule has 0 saturated heterocycles. The largest absolute Gasteiger partial charge is 0.480 e. The molecule has 2 N–H and O–H groups in total. The molecule has 0 aliphatic rings. The normalized spacial score (nSPS) is 16.2. The minimum atomic E-state index is -0.810. The summed E-state index contributed by atoms with van der Waals surface area (Å²) in [5.41, 5.74) is -0.810. The molecule has 18 heavy (non-hydrogen) atoms. The molecule has 0 aromatic heterocycles. The second-order valence-electron chi connectivity index (χ2n) is 5.31. The Balaban J connectivity index is 3.59. The molecule has 4 nitrogen and oxygen atoms in total. The van der Waals surface area contributed by atoms with Gasteiger partial charge in [-0.1, -0.05) is 20.3 Å². The lowest BCUT2D eigenvalue weighted by molar-refractivity contribution is -0.144. The predicted octanol–water partition coefficient (Wildman–Crippen LogP) is 2.67. The first kappa shape index (κ1) is 17.4. The van der Waals surface area contributed by atoms with Gasteiger partial charge in [0.05, 0.1) is 0 Å². The molecule has 0 aliphatic heterocycles. The van der Waals surface area contributed by atoms with Crippen molar-refractivity contribution in [1.29, 1.82) is 0 Å². The summed E-state index contributed by atoms with van der Waals surface area (Å²) in [5.74, 6) is -0.168. The fraction of sp³-hybridized carbons (Fsp3) is 0.929. The highest BCUT2D eigenvalue weighted by Gasteiger charge is 2.29. The molecule has 0 radical (unpaired) electrons. The van der Waals surface area contributed by atoms with Crippen molar-refractivity contribution in [3.8, 4) is 0 Å². The van der Waals surface area contributed by atoms with Crippen molar-refractivity contribution < 1.29 is 14.6 Å². The molecule has 2 atom stereocenters. The summed E-state index contributed by atoms with van der Waals surface area (Å²) in [4.78, 5) is 11.0. The zero-order valence-corrected chi connectivity index (χ0v) is 12.3. The number of carboxylic acid groups (broad SMARTS) is 1. The second kappa shape index (κ2) is 9.34. The summed E-state index contributed by atoms with van der Waals surface area (Å²) in [7, 11) is 1.69. The highest BCUT2D eigenvalue weighted by atomic mass is 16.5. The Morgan fingerprint density at radius 3 is 2.61 bits per heavy atom. The zero-order valence-electron chi connectivity index (χ0n) is 12.3. The van der Waals surface area contributed by atoms with Crippen molar-refractivity contribution in [2.24, 2.45) is 5.92 Å². The van der Waals surface area contributed by atoms with Crippen LogP contribution in [0.25, 0.3) is 0 Å². The van der Waals surface area contributed by atoms with Gasteiger partial charge in [-0.15, -0.1) is 0 Å². The number of nitrogens with one attached hydrogen (secondary N) is 1. The van der Waals surface area contributed by atoms with Gasteiger partial charge in [0.15, 0.2) is 0 Å². The molecule has 4 heteroatoms. The quantitative estimate of drug-likeness (QED) is 0.560. The van der Waals surface area contributed by atoms with Gasteiger partial charge in [0.25, 0.3) is 0 Å². The van der Waals surface area contributed by atoms with Gasteiger partial charge in [0.2, 0.25) is 0 Å². The van der Waals surface area contributed by atoms with Crippen molar-refractivity contribution in [2.75, 3.05) is 20.3 Å². The third-order valence-electron chi connectivity index (χ3n) is 3.42. The Bertz CT molecular complexity index is 233. The molecule has 0 bridgehead atoms. The van der Waals surface area contributed by atoms with Crippen LogP contribution in [0.2, 0.25) is 0 Å². The number of likely N-dealkylation sites (N-methyl/N-ethyl adjacent to an activating group) is 1. The number of rotatable bonds is 11. The van der Waals surface area contributed by atoms with E-state index >= 15 is 0 Å². The van der Waals surface area contributed by atoms with Crippen LogP contribution in [0.5, 0.6) is 0 Å². The van der Waals surface area contributed by atoms with Gasteiger partial charge in [-0.25, -0.2) is 0 Å². The molecule has 0 aromatic rings. The van der Waals surface area contributed by atoms with Crippen LogP contribution in [0.4, 0.5) is 0 Å². The smallest absolute Gasteiger partial charge is 0.323 e. The molecule has 0 aliphatic carbocycles. The van der Waals surface area contributed by atoms with E-state index < -0.39 is 11.5 Å². The van der Waals surface area contributed by atoms with Crippen LogP contribution in [0.3, 0.4) is 0 Å². The molecule has 0 spiro atoms. The molecule has 0 amide bonds. The molecule has 108 valence electrons. The summed E-state index contributed by atoms with van der Waals surface area (Å²) >= 11 is 0. The van der Waals surface area contributed by atoms with Crippen molar-refractivity contribution in [2.45, 2.75) is 58.4 Å². The monoisotopic (exact) mass is 259 g/mol. The maximum Gasteiger partial charge on any atom is 0.323 e. The summed E-state index contributed by atoms with van der Waals surface area (Å²) in [5, 5.41) is 11.9. The van der Waals surface area contributed by atoms with Crippen molar-refractivity contribution in [1.82, 2.24) is 5.32 Å². The first-order chi connectivity index (χ1) is 8.46. The van der Waals surface area contributed by atoms with Gasteiger partial charge in [-0.3, -0.25) is 4.79 Å². The molecule has 0 saturated carbocycles. The van der Waals surface area contributed by atoms with Crippen molar-refractivity contribution in [3.05, 3.63) is 0 Å². The number of carbonyl (C=O) groups is 1. The predicted molar refractivity (Wildman–Crippen MR) is 73.8 cm³/mol. The third-order valence-corrected chi connectivity index (χ3v) is 3.42. The number of hydrogen-bond acceptors (Lipinski definition) is 3. The van der Waals surface area contributed by atoms with Gasteiger partial charge in [-0.2, -0.15) is 0 Å². The van der Waals surface area contributed by atoms with Gasteiger partial charge in [-0.05, 0) is 45.6 Å². The molecule has 0 aromatic carbocycles. The van der Waals surface area contributed by atoms with Crippen LogP contribution in [-0.4, -0.2) is 36.9 Å². The van der Waals surface area contributed by atoms with Crippen LogP contribution in [0.15, 0.2) is 0 Å². The fourth-order valence-corrected chi connectivity index (χ4v) is 1.88. The lowest BCUT2D eigenvalue weighted by Gasteiger charge is -2.23. The lowest BCUT2D eigenvalue weighted by atomic mass is 9.95. The van der Waals surface area contributed by atoms with E-state index in [1.807, 2.05) is 0 Å². The third kappa shape index (κ3) is 6.97. The first-order valence-corrected chi connectivity index (χ1v) is 6.96. The molecule has 0 fully saturated rings. The van der Waals surface area contributed by atoms with E-state index in [-0.39, 0.29) is 0 Å². The second-order valence-corrected chi connectivity index (χ2v) is 5.31. The maximum atomic E-state index is 11.0. The minimum Gasteiger partial charge on any atom is -0.480 e. The summed E-state index contributed by atoms with van der Waals surface area (Å²) in [6.07, 6.45) is 4.82. The molecule has 2 unspecified atom stereocenters. The van der Waals surface area contributed by atoms with E-state index in [0.29, 0.717) is 12.3 Å². The van der Waals surface area contributed by atoms with Crippen LogP contribution in [0, 0.1) is 5.92 Å². The van der Waals surface area contributed by atoms with Crippen LogP contribution in [-0.2, 0) is 9.53 Å². The number of unbranched alkanes of at least 4 members (excludes halogenated alkanes) is 1. The van der Waals surface area contributed by atoms with Crippen molar-refractivity contribution in [3.63, 3.8) is 0 Å². The first-order valence-electron chi connectivity index (χ1n) is 6.96. The molecular formula is C14H29NO3. The standard InChI is InChI=1S/C14H29NO3/c1-5-8-12(2)11-18-10-7-6-9-14(3,15-4)13(16)17/h12,15H,5-11H2,1-4H3,(H,16,17). The van der Waals surface area contributed by atoms with E-state index in [1.54, 1.807) is 14.0 Å². The van der Waals surface area contributed by atoms with E-state index in [1.165, 1.54) is 12.8 Å². The van der Waals surface area contributed by atoms with E-state index in [4.69, 9.17) is 9.84 Å². The Hall–Kier alpha value is -0.610. The van der Waals surface area contributed by atoms with Crippen molar-refractivity contribution >= 4 is 5.97 Å². The van der Waals surface area contributed by atoms with Crippen LogP contribution in [0.1, 0.15) is 52.9 Å². The number of aliphatic carboxylic acids is 1. The van der Waals surface area contributed by atoms with E-state index in [0.717, 1.165) is 26.1 Å². The Morgan fingerprint density at radius 1 is 1.44 bits per heavy atom. The number of hydrogen-bond donors (Lipinski definition) is 2. The average Bonchev–Trinajstić information content (AvgIpc) is 2.33. The lowest BCUT2D eigenvalue weighted by Crippen LogP contribution is -2.47.